The molecule has 2 amide bonds. The number of nitrogens with zero attached hydrogens (tertiary/aromatic N) is 1. The summed E-state index contributed by atoms with van der Waals surface area (Å²) in [5.41, 5.74) is 1.07. The summed E-state index contributed by atoms with van der Waals surface area (Å²) in [7, 11) is 0. The van der Waals surface area contributed by atoms with Gasteiger partial charge < -0.3 is 15.3 Å². The predicted molar refractivity (Wildman–Crippen MR) is 77.3 cm³/mol. The Balaban J connectivity index is 2.45. The third-order valence-electron chi connectivity index (χ3n) is 3.01. The Hall–Kier alpha value is -2.04. The molecule has 2 N–H and O–H groups in total. The number of amides is 2. The second-order valence-electron chi connectivity index (χ2n) is 4.89. The van der Waals surface area contributed by atoms with Gasteiger partial charge in [-0.3, -0.25) is 4.79 Å². The van der Waals surface area contributed by atoms with Crippen LogP contribution in [-0.2, 0) is 11.3 Å². The van der Waals surface area contributed by atoms with Crippen LogP contribution in [-0.4, -0.2) is 35.1 Å². The van der Waals surface area contributed by atoms with Crippen molar-refractivity contribution in [3.05, 3.63) is 35.9 Å². The highest BCUT2D eigenvalue weighted by molar-refractivity contribution is 5.74. The Morgan fingerprint density at radius 1 is 1.30 bits per heavy atom. The molecule has 0 bridgehead atoms. The van der Waals surface area contributed by atoms with Crippen LogP contribution in [0.25, 0.3) is 0 Å². The highest BCUT2D eigenvalue weighted by Gasteiger charge is 2.14. The Morgan fingerprint density at radius 2 is 1.95 bits per heavy atom. The number of carboxylic acids is 1. The van der Waals surface area contributed by atoms with Crippen LogP contribution in [0.5, 0.6) is 0 Å². The Kier molecular flexibility index (Phi) is 6.56. The first-order chi connectivity index (χ1) is 9.52. The summed E-state index contributed by atoms with van der Waals surface area (Å²) < 4.78 is 0. The van der Waals surface area contributed by atoms with E-state index in [-0.39, 0.29) is 18.4 Å². The molecule has 110 valence electrons. The molecule has 0 aliphatic rings. The van der Waals surface area contributed by atoms with Gasteiger partial charge in [-0.2, -0.15) is 0 Å². The molecular weight excluding hydrogens is 256 g/mol. The lowest BCUT2D eigenvalue weighted by Gasteiger charge is -2.22. The van der Waals surface area contributed by atoms with E-state index in [9.17, 15) is 9.59 Å². The van der Waals surface area contributed by atoms with E-state index in [4.69, 9.17) is 5.11 Å². The quantitative estimate of drug-likeness (QED) is 0.804. The van der Waals surface area contributed by atoms with Crippen molar-refractivity contribution >= 4 is 12.0 Å². The summed E-state index contributed by atoms with van der Waals surface area (Å²) in [6.45, 7) is 5.26. The largest absolute Gasteiger partial charge is 0.481 e. The van der Waals surface area contributed by atoms with E-state index in [1.165, 1.54) is 0 Å². The van der Waals surface area contributed by atoms with Gasteiger partial charge in [-0.25, -0.2) is 4.79 Å². The molecule has 1 rings (SSSR count). The fourth-order valence-electron chi connectivity index (χ4n) is 1.87. The van der Waals surface area contributed by atoms with Crippen LogP contribution in [0.2, 0.25) is 0 Å². The summed E-state index contributed by atoms with van der Waals surface area (Å²) in [5.74, 6) is -0.921. The highest BCUT2D eigenvalue weighted by atomic mass is 16.4. The Bertz CT molecular complexity index is 434. The molecule has 0 aromatic heterocycles. The zero-order chi connectivity index (χ0) is 15.0. The number of carbonyl (C=O) groups is 2. The van der Waals surface area contributed by atoms with Crippen molar-refractivity contribution in [2.45, 2.75) is 26.8 Å². The van der Waals surface area contributed by atoms with E-state index in [1.54, 1.807) is 4.90 Å². The van der Waals surface area contributed by atoms with Gasteiger partial charge in [0.1, 0.15) is 0 Å². The first-order valence-electron chi connectivity index (χ1n) is 6.81. The van der Waals surface area contributed by atoms with Gasteiger partial charge in [0.15, 0.2) is 0 Å². The van der Waals surface area contributed by atoms with E-state index >= 15 is 0 Å². The molecule has 1 atom stereocenters. The van der Waals surface area contributed by atoms with Crippen LogP contribution in [0.15, 0.2) is 30.3 Å². The molecule has 0 saturated carbocycles. The molecule has 5 nitrogen and oxygen atoms in total. The van der Waals surface area contributed by atoms with Crippen LogP contribution in [0, 0.1) is 5.92 Å². The van der Waals surface area contributed by atoms with Gasteiger partial charge in [-0.1, -0.05) is 37.3 Å². The van der Waals surface area contributed by atoms with Gasteiger partial charge in [0.05, 0.1) is 0 Å². The van der Waals surface area contributed by atoms with Crippen molar-refractivity contribution in [3.63, 3.8) is 0 Å². The average Bonchev–Trinajstić information content (AvgIpc) is 2.42. The van der Waals surface area contributed by atoms with E-state index < -0.39 is 5.97 Å². The predicted octanol–water partition coefficient (Wildman–Crippen LogP) is 2.33. The molecule has 5 heteroatoms. The summed E-state index contributed by atoms with van der Waals surface area (Å²) in [4.78, 5) is 24.3. The third kappa shape index (κ3) is 5.73. The van der Waals surface area contributed by atoms with Crippen molar-refractivity contribution in [2.75, 3.05) is 13.1 Å². The zero-order valence-corrected chi connectivity index (χ0v) is 12.0. The van der Waals surface area contributed by atoms with E-state index in [0.29, 0.717) is 19.6 Å². The second-order valence-corrected chi connectivity index (χ2v) is 4.89. The maximum Gasteiger partial charge on any atom is 0.317 e. The van der Waals surface area contributed by atoms with Gasteiger partial charge in [0.2, 0.25) is 0 Å². The van der Waals surface area contributed by atoms with Crippen LogP contribution < -0.4 is 5.32 Å². The number of hydrogen-bond donors (Lipinski definition) is 2. The molecule has 1 aromatic carbocycles. The summed E-state index contributed by atoms with van der Waals surface area (Å²) in [6, 6.07) is 9.61. The fourth-order valence-corrected chi connectivity index (χ4v) is 1.87. The molecule has 0 aliphatic heterocycles. The molecule has 0 radical (unpaired) electrons. The van der Waals surface area contributed by atoms with Crippen LogP contribution in [0.4, 0.5) is 4.79 Å². The van der Waals surface area contributed by atoms with Gasteiger partial charge in [0.25, 0.3) is 0 Å². The lowest BCUT2D eigenvalue weighted by molar-refractivity contribution is -0.137. The van der Waals surface area contributed by atoms with Crippen molar-refractivity contribution < 1.29 is 14.7 Å². The van der Waals surface area contributed by atoms with Crippen LogP contribution >= 0.6 is 0 Å². The minimum Gasteiger partial charge on any atom is -0.481 e. The van der Waals surface area contributed by atoms with Crippen molar-refractivity contribution in [3.8, 4) is 0 Å². The highest BCUT2D eigenvalue weighted by Crippen LogP contribution is 2.05. The second kappa shape index (κ2) is 8.19. The summed E-state index contributed by atoms with van der Waals surface area (Å²) in [6.07, 6.45) is 0.0606. The van der Waals surface area contributed by atoms with Crippen molar-refractivity contribution in [2.24, 2.45) is 5.92 Å². The lowest BCUT2D eigenvalue weighted by Crippen LogP contribution is -2.41. The molecule has 0 saturated heterocycles. The number of benzene rings is 1. The standard InChI is InChI=1S/C15H22N2O3/c1-3-17(11-13-7-5-4-6-8-13)15(20)16-10-12(2)9-14(18)19/h4-8,12H,3,9-11H2,1-2H3,(H,16,20)(H,18,19). The van der Waals surface area contributed by atoms with E-state index in [2.05, 4.69) is 5.32 Å². The summed E-state index contributed by atoms with van der Waals surface area (Å²) in [5, 5.41) is 11.5. The first-order valence-corrected chi connectivity index (χ1v) is 6.81. The van der Waals surface area contributed by atoms with Crippen molar-refractivity contribution in [1.82, 2.24) is 10.2 Å². The third-order valence-corrected chi connectivity index (χ3v) is 3.01. The zero-order valence-electron chi connectivity index (χ0n) is 12.0. The topological polar surface area (TPSA) is 69.6 Å². The molecule has 1 unspecified atom stereocenters. The molecular formula is C15H22N2O3. The Labute approximate surface area is 119 Å². The molecule has 0 spiro atoms. The van der Waals surface area contributed by atoms with Gasteiger partial charge in [-0.05, 0) is 18.4 Å². The maximum absolute atomic E-state index is 12.0. The molecule has 20 heavy (non-hydrogen) atoms. The molecule has 1 aromatic rings. The number of carboxylic acid groups (broad SMARTS) is 1. The van der Waals surface area contributed by atoms with Crippen LogP contribution in [0.1, 0.15) is 25.8 Å². The Morgan fingerprint density at radius 3 is 2.50 bits per heavy atom. The maximum atomic E-state index is 12.0. The number of hydrogen-bond acceptors (Lipinski definition) is 2. The number of nitrogens with one attached hydrogen (secondary N) is 1. The number of carbonyl (C=O) groups excluding carboxylic acids is 1. The monoisotopic (exact) mass is 278 g/mol. The van der Waals surface area contributed by atoms with Gasteiger partial charge >= 0.3 is 12.0 Å². The van der Waals surface area contributed by atoms with E-state index in [0.717, 1.165) is 5.56 Å². The first kappa shape index (κ1) is 16.0. The number of urea groups is 1. The molecule has 0 fully saturated rings. The lowest BCUT2D eigenvalue weighted by atomic mass is 10.1. The average molecular weight is 278 g/mol. The molecule has 0 aliphatic carbocycles. The van der Waals surface area contributed by atoms with Gasteiger partial charge in [-0.15, -0.1) is 0 Å². The van der Waals surface area contributed by atoms with Gasteiger partial charge in [0, 0.05) is 26.1 Å². The smallest absolute Gasteiger partial charge is 0.317 e. The number of rotatable bonds is 7. The SMILES string of the molecule is CCN(Cc1ccccc1)C(=O)NCC(C)CC(=O)O. The van der Waals surface area contributed by atoms with Crippen molar-refractivity contribution in [1.29, 1.82) is 0 Å². The van der Waals surface area contributed by atoms with E-state index in [1.807, 2.05) is 44.2 Å². The normalized spacial score (nSPS) is 11.7. The summed E-state index contributed by atoms with van der Waals surface area (Å²) >= 11 is 0. The minimum atomic E-state index is -0.844. The molecule has 0 heterocycles. The number of aliphatic carboxylic acids is 1. The minimum absolute atomic E-state index is 0.0606. The fraction of sp³-hybridized carbons (Fsp3) is 0.467. The van der Waals surface area contributed by atoms with Crippen LogP contribution in [0.3, 0.4) is 0 Å².